The number of rotatable bonds is 3. The molecule has 1 saturated carbocycles. The van der Waals surface area contributed by atoms with Gasteiger partial charge in [0.1, 0.15) is 5.82 Å². The summed E-state index contributed by atoms with van der Waals surface area (Å²) in [6.07, 6.45) is 2.89. The lowest BCUT2D eigenvalue weighted by atomic mass is 10.0. The highest BCUT2D eigenvalue weighted by molar-refractivity contribution is 5.85. The highest BCUT2D eigenvalue weighted by Crippen LogP contribution is 2.47. The molecule has 1 heterocycles. The smallest absolute Gasteiger partial charge is 0.223 e. The average Bonchev–Trinajstić information content (AvgIpc) is 3.20. The minimum Gasteiger partial charge on any atom is -0.353 e. The number of piperidine rings is 1. The molecule has 2 N–H and O–H groups in total. The second-order valence-corrected chi connectivity index (χ2v) is 6.09. The van der Waals surface area contributed by atoms with Crippen LogP contribution in [-0.2, 0) is 4.79 Å². The standard InChI is InChI=1S/C16H21FN2O.ClH/c1-10-8-13(6-7-18-10)19-16(20)15-9-14(15)11-2-4-12(17)5-3-11;/h2-5,10,13-15,18H,6-9H2,1H3,(H,19,20);1H. The predicted molar refractivity (Wildman–Crippen MR) is 83.1 cm³/mol. The molecule has 1 aliphatic carbocycles. The van der Waals surface area contributed by atoms with Crippen LogP contribution in [0.2, 0.25) is 0 Å². The molecule has 116 valence electrons. The number of nitrogens with one attached hydrogen (secondary N) is 2. The predicted octanol–water partition coefficient (Wildman–Crippen LogP) is 2.61. The summed E-state index contributed by atoms with van der Waals surface area (Å²) in [6, 6.07) is 7.29. The van der Waals surface area contributed by atoms with Gasteiger partial charge in [0.15, 0.2) is 0 Å². The molecule has 0 aromatic heterocycles. The number of hydrogen-bond donors (Lipinski definition) is 2. The number of carbonyl (C=O) groups is 1. The lowest BCUT2D eigenvalue weighted by Gasteiger charge is -2.28. The van der Waals surface area contributed by atoms with Crippen LogP contribution in [-0.4, -0.2) is 24.5 Å². The number of carbonyl (C=O) groups excluding carboxylic acids is 1. The highest BCUT2D eigenvalue weighted by atomic mass is 35.5. The lowest BCUT2D eigenvalue weighted by Crippen LogP contribution is -2.47. The Morgan fingerprint density at radius 3 is 2.67 bits per heavy atom. The van der Waals surface area contributed by atoms with Crippen LogP contribution < -0.4 is 10.6 Å². The molecule has 1 aromatic carbocycles. The van der Waals surface area contributed by atoms with E-state index in [4.69, 9.17) is 0 Å². The maximum absolute atomic E-state index is 12.9. The van der Waals surface area contributed by atoms with Gasteiger partial charge in [0.2, 0.25) is 5.91 Å². The number of hydrogen-bond acceptors (Lipinski definition) is 2. The van der Waals surface area contributed by atoms with Crippen LogP contribution >= 0.6 is 12.4 Å². The van der Waals surface area contributed by atoms with E-state index in [1.165, 1.54) is 12.1 Å². The van der Waals surface area contributed by atoms with E-state index < -0.39 is 0 Å². The van der Waals surface area contributed by atoms with Crippen molar-refractivity contribution in [1.29, 1.82) is 0 Å². The maximum atomic E-state index is 12.9. The molecular weight excluding hydrogens is 291 g/mol. The second kappa shape index (κ2) is 6.75. The Balaban J connectivity index is 0.00000161. The van der Waals surface area contributed by atoms with E-state index in [2.05, 4.69) is 17.6 Å². The van der Waals surface area contributed by atoms with E-state index in [9.17, 15) is 9.18 Å². The van der Waals surface area contributed by atoms with Crippen molar-refractivity contribution in [2.75, 3.05) is 6.54 Å². The van der Waals surface area contributed by atoms with Crippen LogP contribution in [0.5, 0.6) is 0 Å². The molecule has 0 bridgehead atoms. The van der Waals surface area contributed by atoms with Gasteiger partial charge in [0, 0.05) is 18.0 Å². The van der Waals surface area contributed by atoms with Gasteiger partial charge in [0.05, 0.1) is 0 Å². The van der Waals surface area contributed by atoms with Crippen LogP contribution in [0, 0.1) is 11.7 Å². The van der Waals surface area contributed by atoms with Gasteiger partial charge < -0.3 is 10.6 Å². The topological polar surface area (TPSA) is 41.1 Å². The Bertz CT molecular complexity index is 494. The first-order valence-corrected chi connectivity index (χ1v) is 7.42. The molecule has 3 rings (SSSR count). The quantitative estimate of drug-likeness (QED) is 0.901. The van der Waals surface area contributed by atoms with Gasteiger partial charge in [-0.2, -0.15) is 0 Å². The lowest BCUT2D eigenvalue weighted by molar-refractivity contribution is -0.123. The molecule has 0 radical (unpaired) electrons. The Kier molecular flexibility index (Phi) is 5.22. The Morgan fingerprint density at radius 2 is 2.00 bits per heavy atom. The van der Waals surface area contributed by atoms with Crippen LogP contribution in [0.15, 0.2) is 24.3 Å². The molecule has 1 amide bonds. The van der Waals surface area contributed by atoms with Crippen LogP contribution in [0.3, 0.4) is 0 Å². The average molecular weight is 313 g/mol. The molecular formula is C16H22ClFN2O. The summed E-state index contributed by atoms with van der Waals surface area (Å²) in [6.45, 7) is 3.12. The zero-order valence-electron chi connectivity index (χ0n) is 12.1. The summed E-state index contributed by atoms with van der Waals surface area (Å²) < 4.78 is 12.9. The largest absolute Gasteiger partial charge is 0.353 e. The van der Waals surface area contributed by atoms with E-state index in [1.807, 2.05) is 0 Å². The molecule has 4 unspecified atom stereocenters. The Morgan fingerprint density at radius 1 is 1.29 bits per heavy atom. The van der Waals surface area contributed by atoms with E-state index in [1.54, 1.807) is 12.1 Å². The molecule has 2 aliphatic rings. The summed E-state index contributed by atoms with van der Waals surface area (Å²) >= 11 is 0. The van der Waals surface area contributed by atoms with Crippen molar-refractivity contribution in [2.45, 2.75) is 44.2 Å². The minimum atomic E-state index is -0.223. The van der Waals surface area contributed by atoms with E-state index in [-0.39, 0.29) is 36.0 Å². The molecule has 1 saturated heterocycles. The first kappa shape index (κ1) is 16.2. The minimum absolute atomic E-state index is 0. The summed E-state index contributed by atoms with van der Waals surface area (Å²) in [7, 11) is 0. The monoisotopic (exact) mass is 312 g/mol. The SMILES string of the molecule is CC1CC(NC(=O)C2CC2c2ccc(F)cc2)CCN1.Cl. The van der Waals surface area contributed by atoms with Gasteiger partial charge in [-0.25, -0.2) is 4.39 Å². The van der Waals surface area contributed by atoms with Crippen LogP contribution in [0.25, 0.3) is 0 Å². The summed E-state index contributed by atoms with van der Waals surface area (Å²) in [5.41, 5.74) is 1.07. The summed E-state index contributed by atoms with van der Waals surface area (Å²) in [5, 5.41) is 6.55. The molecule has 5 heteroatoms. The van der Waals surface area contributed by atoms with Crippen molar-refractivity contribution in [3.8, 4) is 0 Å². The maximum Gasteiger partial charge on any atom is 0.223 e. The van der Waals surface area contributed by atoms with Crippen LogP contribution in [0.1, 0.15) is 37.7 Å². The summed E-state index contributed by atoms with van der Waals surface area (Å²) in [4.78, 5) is 12.2. The second-order valence-electron chi connectivity index (χ2n) is 6.09. The van der Waals surface area contributed by atoms with Crippen molar-refractivity contribution in [3.05, 3.63) is 35.6 Å². The zero-order valence-corrected chi connectivity index (χ0v) is 13.0. The molecule has 1 aromatic rings. The van der Waals surface area contributed by atoms with Crippen molar-refractivity contribution >= 4 is 18.3 Å². The van der Waals surface area contributed by atoms with Crippen molar-refractivity contribution in [2.24, 2.45) is 5.92 Å². The molecule has 21 heavy (non-hydrogen) atoms. The first-order valence-electron chi connectivity index (χ1n) is 7.42. The Hall–Kier alpha value is -1.13. The molecule has 4 atom stereocenters. The normalized spacial score (nSPS) is 31.1. The first-order chi connectivity index (χ1) is 9.63. The van der Waals surface area contributed by atoms with Gasteiger partial charge in [-0.3, -0.25) is 4.79 Å². The third-order valence-corrected chi connectivity index (χ3v) is 4.40. The third-order valence-electron chi connectivity index (χ3n) is 4.40. The van der Waals surface area contributed by atoms with E-state index >= 15 is 0 Å². The van der Waals surface area contributed by atoms with Crippen molar-refractivity contribution < 1.29 is 9.18 Å². The molecule has 0 spiro atoms. The van der Waals surface area contributed by atoms with Gasteiger partial charge in [-0.05, 0) is 56.3 Å². The zero-order chi connectivity index (χ0) is 14.1. The molecule has 2 fully saturated rings. The van der Waals surface area contributed by atoms with E-state index in [0.29, 0.717) is 12.1 Å². The summed E-state index contributed by atoms with van der Waals surface area (Å²) in [5.74, 6) is 0.290. The van der Waals surface area contributed by atoms with Gasteiger partial charge in [-0.1, -0.05) is 12.1 Å². The van der Waals surface area contributed by atoms with Gasteiger partial charge in [-0.15, -0.1) is 12.4 Å². The highest BCUT2D eigenvalue weighted by Gasteiger charge is 2.44. The van der Waals surface area contributed by atoms with Gasteiger partial charge >= 0.3 is 0 Å². The number of halogens is 2. The number of benzene rings is 1. The molecule has 3 nitrogen and oxygen atoms in total. The fourth-order valence-corrected chi connectivity index (χ4v) is 3.13. The van der Waals surface area contributed by atoms with E-state index in [0.717, 1.165) is 31.4 Å². The van der Waals surface area contributed by atoms with Crippen molar-refractivity contribution in [3.63, 3.8) is 0 Å². The fraction of sp³-hybridized carbons (Fsp3) is 0.562. The Labute approximate surface area is 131 Å². The third kappa shape index (κ3) is 3.95. The molecule has 1 aliphatic heterocycles. The van der Waals surface area contributed by atoms with Crippen molar-refractivity contribution in [1.82, 2.24) is 10.6 Å². The fourth-order valence-electron chi connectivity index (χ4n) is 3.13. The number of amides is 1. The van der Waals surface area contributed by atoms with Crippen LogP contribution in [0.4, 0.5) is 4.39 Å². The van der Waals surface area contributed by atoms with Gasteiger partial charge in [0.25, 0.3) is 0 Å².